The van der Waals surface area contributed by atoms with Crippen molar-refractivity contribution in [2.75, 3.05) is 0 Å². The van der Waals surface area contributed by atoms with E-state index in [2.05, 4.69) is 13.0 Å². The van der Waals surface area contributed by atoms with Crippen LogP contribution < -0.4 is 0 Å². The second-order valence-electron chi connectivity index (χ2n) is 5.54. The summed E-state index contributed by atoms with van der Waals surface area (Å²) in [5, 5.41) is 28.4. The van der Waals surface area contributed by atoms with Crippen molar-refractivity contribution in [3.05, 3.63) is 64.2 Å². The van der Waals surface area contributed by atoms with E-state index in [1.807, 2.05) is 24.3 Å². The van der Waals surface area contributed by atoms with Gasteiger partial charge in [-0.2, -0.15) is 0 Å². The summed E-state index contributed by atoms with van der Waals surface area (Å²) in [5.74, 6) is 0.384. The minimum atomic E-state index is -0.0454. The van der Waals surface area contributed by atoms with E-state index in [0.29, 0.717) is 5.75 Å². The highest BCUT2D eigenvalue weighted by Gasteiger charge is 2.06. The Morgan fingerprint density at radius 3 is 2.32 bits per heavy atom. The molecule has 3 heteroatoms. The molecule has 0 atom stereocenters. The molecule has 0 amide bonds. The van der Waals surface area contributed by atoms with Crippen LogP contribution in [0.25, 0.3) is 0 Å². The molecule has 0 saturated carbocycles. The van der Waals surface area contributed by atoms with Crippen molar-refractivity contribution in [2.45, 2.75) is 45.8 Å². The van der Waals surface area contributed by atoms with Crippen LogP contribution in [-0.2, 0) is 32.5 Å². The van der Waals surface area contributed by atoms with Gasteiger partial charge in [-0.15, -0.1) is 0 Å². The van der Waals surface area contributed by atoms with Gasteiger partial charge < -0.3 is 15.3 Å². The first-order valence-corrected chi connectivity index (χ1v) is 7.81. The number of aliphatic hydroxyl groups excluding tert-OH is 2. The maximum absolute atomic E-state index is 9.88. The molecule has 22 heavy (non-hydrogen) atoms. The van der Waals surface area contributed by atoms with Gasteiger partial charge in [0.05, 0.1) is 13.2 Å². The highest BCUT2D eigenvalue weighted by atomic mass is 16.3. The van der Waals surface area contributed by atoms with Crippen LogP contribution in [0.1, 0.15) is 41.2 Å². The zero-order valence-corrected chi connectivity index (χ0v) is 13.0. The van der Waals surface area contributed by atoms with E-state index in [4.69, 9.17) is 0 Å². The first-order chi connectivity index (χ1) is 10.7. The normalized spacial score (nSPS) is 10.9. The first kappa shape index (κ1) is 16.5. The number of phenols is 1. The Balaban J connectivity index is 2.01. The molecule has 0 saturated heterocycles. The Morgan fingerprint density at radius 2 is 1.64 bits per heavy atom. The van der Waals surface area contributed by atoms with Crippen molar-refractivity contribution in [1.82, 2.24) is 0 Å². The van der Waals surface area contributed by atoms with E-state index in [1.165, 1.54) is 11.1 Å². The van der Waals surface area contributed by atoms with Crippen molar-refractivity contribution < 1.29 is 15.3 Å². The zero-order chi connectivity index (χ0) is 15.9. The third-order valence-electron chi connectivity index (χ3n) is 4.12. The third kappa shape index (κ3) is 3.87. The number of aliphatic hydroxyl groups is 2. The summed E-state index contributed by atoms with van der Waals surface area (Å²) in [5.41, 5.74) is 4.99. The molecule has 2 rings (SSSR count). The topological polar surface area (TPSA) is 60.7 Å². The molecule has 0 fully saturated rings. The molecule has 0 aliphatic carbocycles. The van der Waals surface area contributed by atoms with Crippen molar-refractivity contribution in [1.29, 1.82) is 0 Å². The molecule has 0 radical (unpaired) electrons. The van der Waals surface area contributed by atoms with Gasteiger partial charge in [-0.3, -0.25) is 0 Å². The monoisotopic (exact) mass is 300 g/mol. The first-order valence-electron chi connectivity index (χ1n) is 7.81. The summed E-state index contributed by atoms with van der Waals surface area (Å²) >= 11 is 0. The van der Waals surface area contributed by atoms with Crippen LogP contribution in [0, 0.1) is 0 Å². The summed E-state index contributed by atoms with van der Waals surface area (Å²) in [4.78, 5) is 0. The van der Waals surface area contributed by atoms with Gasteiger partial charge >= 0.3 is 0 Å². The van der Waals surface area contributed by atoms with Gasteiger partial charge in [-0.25, -0.2) is 0 Å². The Morgan fingerprint density at radius 1 is 0.864 bits per heavy atom. The smallest absolute Gasteiger partial charge is 0.119 e. The molecule has 2 aromatic rings. The summed E-state index contributed by atoms with van der Waals surface area (Å²) in [6.45, 7) is 1.97. The quantitative estimate of drug-likeness (QED) is 0.736. The summed E-state index contributed by atoms with van der Waals surface area (Å²) in [6, 6.07) is 11.6. The van der Waals surface area contributed by atoms with Gasteiger partial charge in [0.1, 0.15) is 5.75 Å². The molecule has 0 heterocycles. The standard InChI is InChI=1S/C19H24O3/c1-2-18-15(7-4-8-19(18)22)6-3-5-14-9-10-16(12-20)17(11-14)13-21/h4,7-11,20-22H,2-3,5-6,12-13H2,1H3. The molecule has 118 valence electrons. The minimum absolute atomic E-state index is 0.0423. The van der Waals surface area contributed by atoms with Gasteiger partial charge in [0.2, 0.25) is 0 Å². The molecule has 0 bridgehead atoms. The molecular formula is C19H24O3. The fourth-order valence-electron chi connectivity index (χ4n) is 2.88. The molecule has 2 aromatic carbocycles. The zero-order valence-electron chi connectivity index (χ0n) is 13.0. The van der Waals surface area contributed by atoms with Crippen LogP contribution in [0.15, 0.2) is 36.4 Å². The number of hydrogen-bond donors (Lipinski definition) is 3. The van der Waals surface area contributed by atoms with Gasteiger partial charge in [0.25, 0.3) is 0 Å². The van der Waals surface area contributed by atoms with E-state index in [9.17, 15) is 15.3 Å². The van der Waals surface area contributed by atoms with Crippen molar-refractivity contribution >= 4 is 0 Å². The SMILES string of the molecule is CCc1c(O)cccc1CCCc1ccc(CO)c(CO)c1. The lowest BCUT2D eigenvalue weighted by Gasteiger charge is -2.11. The van der Waals surface area contributed by atoms with Crippen LogP contribution in [0.3, 0.4) is 0 Å². The van der Waals surface area contributed by atoms with Gasteiger partial charge in [-0.05, 0) is 59.6 Å². The average Bonchev–Trinajstić information content (AvgIpc) is 2.55. The molecule has 3 nitrogen and oxygen atoms in total. The number of hydrogen-bond acceptors (Lipinski definition) is 3. The van der Waals surface area contributed by atoms with Crippen LogP contribution >= 0.6 is 0 Å². The molecule has 0 unspecified atom stereocenters. The van der Waals surface area contributed by atoms with Crippen molar-refractivity contribution in [3.63, 3.8) is 0 Å². The fourth-order valence-corrected chi connectivity index (χ4v) is 2.88. The predicted octanol–water partition coefficient (Wildman–Crippen LogP) is 3.11. The van der Waals surface area contributed by atoms with Crippen molar-refractivity contribution in [2.24, 2.45) is 0 Å². The average molecular weight is 300 g/mol. The lowest BCUT2D eigenvalue weighted by Crippen LogP contribution is -1.98. The Bertz CT molecular complexity index is 620. The van der Waals surface area contributed by atoms with Crippen LogP contribution in [0.2, 0.25) is 0 Å². The Hall–Kier alpha value is -1.84. The lowest BCUT2D eigenvalue weighted by atomic mass is 9.96. The number of aromatic hydroxyl groups is 1. The largest absolute Gasteiger partial charge is 0.508 e. The molecule has 0 aliphatic heterocycles. The molecular weight excluding hydrogens is 276 g/mol. The van der Waals surface area contributed by atoms with E-state index >= 15 is 0 Å². The van der Waals surface area contributed by atoms with E-state index in [1.54, 1.807) is 6.07 Å². The second-order valence-corrected chi connectivity index (χ2v) is 5.54. The number of benzene rings is 2. The Labute approximate surface area is 131 Å². The maximum Gasteiger partial charge on any atom is 0.119 e. The van der Waals surface area contributed by atoms with Crippen LogP contribution in [0.4, 0.5) is 0 Å². The highest BCUT2D eigenvalue weighted by molar-refractivity contribution is 5.39. The molecule has 0 aliphatic rings. The Kier molecular flexibility index (Phi) is 5.99. The maximum atomic E-state index is 9.88. The molecule has 0 spiro atoms. The molecule has 3 N–H and O–H groups in total. The minimum Gasteiger partial charge on any atom is -0.508 e. The van der Waals surface area contributed by atoms with E-state index in [0.717, 1.165) is 42.4 Å². The van der Waals surface area contributed by atoms with Crippen LogP contribution in [-0.4, -0.2) is 15.3 Å². The molecule has 0 aromatic heterocycles. The number of aryl methyl sites for hydroxylation is 2. The van der Waals surface area contributed by atoms with Crippen LogP contribution in [0.5, 0.6) is 5.75 Å². The summed E-state index contributed by atoms with van der Waals surface area (Å²) in [6.07, 6.45) is 3.66. The third-order valence-corrected chi connectivity index (χ3v) is 4.12. The summed E-state index contributed by atoms with van der Waals surface area (Å²) in [7, 11) is 0. The highest BCUT2D eigenvalue weighted by Crippen LogP contribution is 2.23. The number of rotatable bonds is 7. The van der Waals surface area contributed by atoms with Gasteiger partial charge in [0.15, 0.2) is 0 Å². The van der Waals surface area contributed by atoms with E-state index < -0.39 is 0 Å². The fraction of sp³-hybridized carbons (Fsp3) is 0.368. The summed E-state index contributed by atoms with van der Waals surface area (Å²) < 4.78 is 0. The van der Waals surface area contributed by atoms with Crippen molar-refractivity contribution in [3.8, 4) is 5.75 Å². The lowest BCUT2D eigenvalue weighted by molar-refractivity contribution is 0.260. The van der Waals surface area contributed by atoms with E-state index in [-0.39, 0.29) is 13.2 Å². The van der Waals surface area contributed by atoms with Gasteiger partial charge in [-0.1, -0.05) is 37.3 Å². The number of phenolic OH excluding ortho intramolecular Hbond substituents is 1. The predicted molar refractivity (Wildman–Crippen MR) is 87.8 cm³/mol. The second kappa shape index (κ2) is 7.97. The van der Waals surface area contributed by atoms with Gasteiger partial charge in [0, 0.05) is 0 Å².